The van der Waals surface area contributed by atoms with Crippen LogP contribution in [0.15, 0.2) is 17.8 Å². The zero-order valence-corrected chi connectivity index (χ0v) is 12.3. The first-order valence-corrected chi connectivity index (χ1v) is 6.92. The van der Waals surface area contributed by atoms with E-state index in [4.69, 9.17) is 0 Å². The maximum atomic E-state index is 11.9. The number of thiophene rings is 1. The molecular formula is C10H11IN4OS. The highest BCUT2D eigenvalue weighted by molar-refractivity contribution is 14.1. The highest BCUT2D eigenvalue weighted by Gasteiger charge is 2.15. The number of hydrogen-bond donors (Lipinski definition) is 1. The molecule has 0 aromatic carbocycles. The molecule has 1 amide bonds. The molecule has 0 aliphatic heterocycles. The fourth-order valence-corrected chi connectivity index (χ4v) is 2.78. The van der Waals surface area contributed by atoms with E-state index >= 15 is 0 Å². The van der Waals surface area contributed by atoms with E-state index in [1.807, 2.05) is 25.4 Å². The fourth-order valence-electron chi connectivity index (χ4n) is 1.46. The lowest BCUT2D eigenvalue weighted by Crippen LogP contribution is -2.28. The molecule has 0 saturated heterocycles. The van der Waals surface area contributed by atoms with Crippen LogP contribution in [0.3, 0.4) is 0 Å². The van der Waals surface area contributed by atoms with Crippen molar-refractivity contribution in [3.05, 3.63) is 32.0 Å². The molecular weight excluding hydrogens is 351 g/mol. The third-order valence-electron chi connectivity index (χ3n) is 2.31. The van der Waals surface area contributed by atoms with Crippen LogP contribution in [0.4, 0.5) is 0 Å². The van der Waals surface area contributed by atoms with Crippen LogP contribution in [-0.4, -0.2) is 20.7 Å². The summed E-state index contributed by atoms with van der Waals surface area (Å²) in [6.07, 6.45) is 1.62. The zero-order valence-electron chi connectivity index (χ0n) is 9.35. The summed E-state index contributed by atoms with van der Waals surface area (Å²) >= 11 is 3.75. The second-order valence-electron chi connectivity index (χ2n) is 3.63. The van der Waals surface area contributed by atoms with Gasteiger partial charge in [-0.15, -0.1) is 21.5 Å². The van der Waals surface area contributed by atoms with Crippen molar-refractivity contribution < 1.29 is 4.79 Å². The summed E-state index contributed by atoms with van der Waals surface area (Å²) in [7, 11) is 1.85. The van der Waals surface area contributed by atoms with E-state index in [2.05, 4.69) is 38.1 Å². The van der Waals surface area contributed by atoms with Crippen LogP contribution >= 0.6 is 33.9 Å². The number of nitrogens with one attached hydrogen (secondary N) is 1. The normalized spacial score (nSPS) is 12.4. The summed E-state index contributed by atoms with van der Waals surface area (Å²) in [5.74, 6) is 0.656. The molecule has 1 atom stereocenters. The molecule has 0 spiro atoms. The van der Waals surface area contributed by atoms with Crippen molar-refractivity contribution in [3.8, 4) is 0 Å². The summed E-state index contributed by atoms with van der Waals surface area (Å²) in [6.45, 7) is 1.89. The maximum absolute atomic E-state index is 11.9. The summed E-state index contributed by atoms with van der Waals surface area (Å²) < 4.78 is 2.89. The standard InChI is InChI=1S/C10H11IN4OS/c1-6(9-14-12-5-15(9)2)13-10(16)7-3-8(11)17-4-7/h3-6H,1-2H3,(H,13,16). The van der Waals surface area contributed by atoms with Gasteiger partial charge in [0.05, 0.1) is 14.5 Å². The van der Waals surface area contributed by atoms with Crippen LogP contribution in [0.5, 0.6) is 0 Å². The molecule has 0 aliphatic rings. The van der Waals surface area contributed by atoms with Crippen LogP contribution in [0.25, 0.3) is 0 Å². The first kappa shape index (κ1) is 12.5. The van der Waals surface area contributed by atoms with Gasteiger partial charge in [0.1, 0.15) is 6.33 Å². The van der Waals surface area contributed by atoms with E-state index in [-0.39, 0.29) is 11.9 Å². The van der Waals surface area contributed by atoms with Gasteiger partial charge in [0.15, 0.2) is 5.82 Å². The van der Waals surface area contributed by atoms with Crippen molar-refractivity contribution in [2.24, 2.45) is 7.05 Å². The summed E-state index contributed by atoms with van der Waals surface area (Å²) in [5, 5.41) is 12.5. The highest BCUT2D eigenvalue weighted by atomic mass is 127. The molecule has 2 aromatic rings. The molecule has 1 unspecified atom stereocenters. The predicted molar refractivity (Wildman–Crippen MR) is 73.9 cm³/mol. The summed E-state index contributed by atoms with van der Waals surface area (Å²) in [6, 6.07) is 1.71. The van der Waals surface area contributed by atoms with E-state index in [1.165, 1.54) is 0 Å². The Kier molecular flexibility index (Phi) is 3.77. The van der Waals surface area contributed by atoms with Crippen molar-refractivity contribution in [2.45, 2.75) is 13.0 Å². The van der Waals surface area contributed by atoms with Crippen molar-refractivity contribution in [2.75, 3.05) is 0 Å². The quantitative estimate of drug-likeness (QED) is 0.850. The van der Waals surface area contributed by atoms with Gasteiger partial charge >= 0.3 is 0 Å². The number of hydrogen-bond acceptors (Lipinski definition) is 4. The van der Waals surface area contributed by atoms with Crippen molar-refractivity contribution in [3.63, 3.8) is 0 Å². The fraction of sp³-hybridized carbons (Fsp3) is 0.300. The van der Waals surface area contributed by atoms with Gasteiger partial charge in [0, 0.05) is 12.4 Å². The second kappa shape index (κ2) is 5.13. The molecule has 0 fully saturated rings. The Hall–Kier alpha value is -0.960. The van der Waals surface area contributed by atoms with E-state index < -0.39 is 0 Å². The van der Waals surface area contributed by atoms with Crippen LogP contribution in [0, 0.1) is 2.88 Å². The molecule has 5 nitrogen and oxygen atoms in total. The van der Waals surface area contributed by atoms with E-state index in [0.717, 1.165) is 8.71 Å². The summed E-state index contributed by atoms with van der Waals surface area (Å²) in [4.78, 5) is 11.9. The number of aryl methyl sites for hydroxylation is 1. The van der Waals surface area contributed by atoms with Gasteiger partial charge in [0.2, 0.25) is 0 Å². The van der Waals surface area contributed by atoms with Gasteiger partial charge in [0.25, 0.3) is 5.91 Å². The average Bonchev–Trinajstić information content (AvgIpc) is 2.86. The van der Waals surface area contributed by atoms with Gasteiger partial charge < -0.3 is 9.88 Å². The number of nitrogens with zero attached hydrogens (tertiary/aromatic N) is 3. The van der Waals surface area contributed by atoms with Gasteiger partial charge in [-0.3, -0.25) is 4.79 Å². The van der Waals surface area contributed by atoms with Crippen LogP contribution in [0.1, 0.15) is 29.1 Å². The molecule has 2 heterocycles. The number of amides is 1. The predicted octanol–water partition coefficient (Wildman–Crippen LogP) is 1.97. The molecule has 0 radical (unpaired) electrons. The first-order chi connectivity index (χ1) is 8.08. The minimum Gasteiger partial charge on any atom is -0.342 e. The smallest absolute Gasteiger partial charge is 0.252 e. The number of rotatable bonds is 3. The average molecular weight is 362 g/mol. The largest absolute Gasteiger partial charge is 0.342 e. The minimum atomic E-state index is -0.160. The molecule has 0 aliphatic carbocycles. The Morgan fingerprint density at radius 2 is 2.41 bits per heavy atom. The monoisotopic (exact) mass is 362 g/mol. The molecule has 17 heavy (non-hydrogen) atoms. The van der Waals surface area contributed by atoms with Crippen LogP contribution in [0.2, 0.25) is 0 Å². The molecule has 2 rings (SSSR count). The third kappa shape index (κ3) is 2.83. The molecule has 2 aromatic heterocycles. The van der Waals surface area contributed by atoms with E-state index in [9.17, 15) is 4.79 Å². The lowest BCUT2D eigenvalue weighted by Gasteiger charge is -2.12. The molecule has 1 N–H and O–H groups in total. The molecule has 0 bridgehead atoms. The van der Waals surface area contributed by atoms with E-state index in [0.29, 0.717) is 5.56 Å². The second-order valence-corrected chi connectivity index (χ2v) is 6.44. The number of aromatic nitrogens is 3. The van der Waals surface area contributed by atoms with Crippen molar-refractivity contribution in [1.29, 1.82) is 0 Å². The Morgan fingerprint density at radius 1 is 1.65 bits per heavy atom. The van der Waals surface area contributed by atoms with Crippen LogP contribution < -0.4 is 5.32 Å². The minimum absolute atomic E-state index is 0.0836. The third-order valence-corrected chi connectivity index (χ3v) is 4.10. The van der Waals surface area contributed by atoms with Gasteiger partial charge in [-0.2, -0.15) is 0 Å². The highest BCUT2D eigenvalue weighted by Crippen LogP contribution is 2.17. The molecule has 7 heteroatoms. The van der Waals surface area contributed by atoms with Gasteiger partial charge in [-0.05, 0) is 35.6 Å². The first-order valence-electron chi connectivity index (χ1n) is 4.96. The zero-order chi connectivity index (χ0) is 12.4. The van der Waals surface area contributed by atoms with Gasteiger partial charge in [-0.25, -0.2) is 0 Å². The Bertz CT molecular complexity index is 536. The summed E-state index contributed by atoms with van der Waals surface area (Å²) in [5.41, 5.74) is 0.688. The molecule has 90 valence electrons. The van der Waals surface area contributed by atoms with Crippen molar-refractivity contribution in [1.82, 2.24) is 20.1 Å². The van der Waals surface area contributed by atoms with Gasteiger partial charge in [-0.1, -0.05) is 0 Å². The molecule has 0 saturated carbocycles. The Balaban J connectivity index is 2.07. The maximum Gasteiger partial charge on any atom is 0.252 e. The number of halogens is 1. The number of carbonyl (C=O) groups excluding carboxylic acids is 1. The number of carbonyl (C=O) groups is 1. The SMILES string of the molecule is CC(NC(=O)c1csc(I)c1)c1nncn1C. The lowest BCUT2D eigenvalue weighted by molar-refractivity contribution is 0.0938. The topological polar surface area (TPSA) is 59.8 Å². The van der Waals surface area contributed by atoms with Crippen LogP contribution in [-0.2, 0) is 7.05 Å². The Labute approximate surface area is 116 Å². The van der Waals surface area contributed by atoms with E-state index in [1.54, 1.807) is 22.2 Å². The Morgan fingerprint density at radius 3 is 2.94 bits per heavy atom. The lowest BCUT2D eigenvalue weighted by atomic mass is 10.2. The van der Waals surface area contributed by atoms with Crippen molar-refractivity contribution >= 4 is 39.8 Å².